The molecular formula is C12H26N5O+. The molecule has 0 saturated carbocycles. The summed E-state index contributed by atoms with van der Waals surface area (Å²) in [5.74, 6) is 0. The number of hydrogen-bond acceptors (Lipinski definition) is 5. The molecule has 1 fully saturated rings. The Hall–Kier alpha value is -1.50. The van der Waals surface area contributed by atoms with Crippen molar-refractivity contribution in [2.24, 2.45) is 11.5 Å². The van der Waals surface area contributed by atoms with E-state index < -0.39 is 0 Å². The number of likely N-dealkylation sites (tertiary alicyclic amines) is 1. The molecule has 0 atom stereocenters. The van der Waals surface area contributed by atoms with Gasteiger partial charge in [0.2, 0.25) is 0 Å². The molecule has 1 rings (SSSR count). The molecule has 6 nitrogen and oxygen atoms in total. The quantitative estimate of drug-likeness (QED) is 0.430. The minimum Gasteiger partial charge on any atom is -0.337 e. The van der Waals surface area contributed by atoms with E-state index in [0.717, 1.165) is 13.3 Å². The number of quaternary nitrogens is 1. The normalized spacial score (nSPS) is 15.1. The Morgan fingerprint density at radius 2 is 1.56 bits per heavy atom. The minimum atomic E-state index is 0.865. The molecule has 0 unspecified atom stereocenters. The van der Waals surface area contributed by atoms with Gasteiger partial charge < -0.3 is 20.7 Å². The summed E-state index contributed by atoms with van der Waals surface area (Å²) in [6.45, 7) is 10.2. The third-order valence-corrected chi connectivity index (χ3v) is 2.78. The van der Waals surface area contributed by atoms with Crippen LogP contribution in [0.15, 0.2) is 0 Å². The van der Waals surface area contributed by atoms with E-state index in [1.807, 2.05) is 0 Å². The van der Waals surface area contributed by atoms with Gasteiger partial charge in [-0.15, -0.1) is 0 Å². The third-order valence-electron chi connectivity index (χ3n) is 2.78. The Labute approximate surface area is 110 Å². The molecule has 0 aliphatic carbocycles. The van der Waals surface area contributed by atoms with E-state index in [0.29, 0.717) is 0 Å². The lowest BCUT2D eigenvalue weighted by molar-refractivity contribution is -0.935. The maximum Gasteiger partial charge on any atom is 0.183 e. The van der Waals surface area contributed by atoms with Crippen LogP contribution in [0, 0.1) is 22.9 Å². The molecule has 0 bridgehead atoms. The number of nitriles is 2. The van der Waals surface area contributed by atoms with Gasteiger partial charge >= 0.3 is 0 Å². The third kappa shape index (κ3) is 9.71. The molecule has 0 radical (unpaired) electrons. The van der Waals surface area contributed by atoms with Crippen LogP contribution in [-0.2, 0) is 4.74 Å². The largest absolute Gasteiger partial charge is 0.337 e. The molecule has 18 heavy (non-hydrogen) atoms. The molecule has 0 amide bonds. The van der Waals surface area contributed by atoms with Crippen molar-refractivity contribution in [2.75, 3.05) is 33.0 Å². The van der Waals surface area contributed by atoms with Crippen molar-refractivity contribution in [3.63, 3.8) is 0 Å². The molecule has 1 aliphatic heterocycles. The predicted octanol–water partition coefficient (Wildman–Crippen LogP) is 0.853. The van der Waals surface area contributed by atoms with Crippen LogP contribution < -0.4 is 11.5 Å². The Balaban J connectivity index is 0. The first-order valence-electron chi connectivity index (χ1n) is 6.28. The van der Waals surface area contributed by atoms with Gasteiger partial charge in [0.1, 0.15) is 0 Å². The van der Waals surface area contributed by atoms with E-state index in [1.54, 1.807) is 0 Å². The van der Waals surface area contributed by atoms with Gasteiger partial charge in [0.15, 0.2) is 19.1 Å². The Morgan fingerprint density at radius 1 is 1.11 bits per heavy atom. The second-order valence-corrected chi connectivity index (χ2v) is 4.10. The highest BCUT2D eigenvalue weighted by Crippen LogP contribution is 2.19. The highest BCUT2D eigenvalue weighted by Gasteiger charge is 2.30. The average Bonchev–Trinajstić information content (AvgIpc) is 2.78. The lowest BCUT2D eigenvalue weighted by atomic mass is 10.4. The fourth-order valence-corrected chi connectivity index (χ4v) is 2.18. The van der Waals surface area contributed by atoms with Gasteiger partial charge in [0.25, 0.3) is 0 Å². The highest BCUT2D eigenvalue weighted by atomic mass is 16.5. The van der Waals surface area contributed by atoms with Crippen LogP contribution >= 0.6 is 0 Å². The van der Waals surface area contributed by atoms with Gasteiger partial charge in [-0.25, -0.2) is 0 Å². The molecule has 1 heterocycles. The van der Waals surface area contributed by atoms with Crippen LogP contribution in [0.25, 0.3) is 0 Å². The van der Waals surface area contributed by atoms with Crippen molar-refractivity contribution in [1.82, 2.24) is 0 Å². The highest BCUT2D eigenvalue weighted by molar-refractivity contribution is 4.52. The van der Waals surface area contributed by atoms with Gasteiger partial charge in [-0.3, -0.25) is 0 Å². The lowest BCUT2D eigenvalue weighted by Gasteiger charge is -2.33. The zero-order chi connectivity index (χ0) is 14.3. The monoisotopic (exact) mass is 256 g/mol. The first-order valence-corrected chi connectivity index (χ1v) is 6.28. The smallest absolute Gasteiger partial charge is 0.183 e. The van der Waals surface area contributed by atoms with E-state index in [2.05, 4.69) is 25.3 Å². The van der Waals surface area contributed by atoms with Crippen LogP contribution in [0.2, 0.25) is 0 Å². The summed E-state index contributed by atoms with van der Waals surface area (Å²) in [5, 5.41) is 14.2. The van der Waals surface area contributed by atoms with Gasteiger partial charge in [-0.1, -0.05) is 6.92 Å². The standard InChI is InChI=1S/C10H22NO.2CH2N2/c1-3-7-11(10-12-4-2)8-5-6-9-11;2*2-1-3/h3-10H2,1-2H3;2*2H2/q+1;;. The molecule has 0 aromatic rings. The first kappa shape index (κ1) is 18.9. The zero-order valence-corrected chi connectivity index (χ0v) is 11.6. The van der Waals surface area contributed by atoms with E-state index in [-0.39, 0.29) is 0 Å². The zero-order valence-electron chi connectivity index (χ0n) is 11.6. The Bertz CT molecular complexity index is 238. The van der Waals surface area contributed by atoms with Gasteiger partial charge in [-0.05, 0) is 13.3 Å². The molecule has 4 N–H and O–H groups in total. The summed E-state index contributed by atoms with van der Waals surface area (Å²) in [4.78, 5) is 0. The Morgan fingerprint density at radius 3 is 1.89 bits per heavy atom. The summed E-state index contributed by atoms with van der Waals surface area (Å²) in [7, 11) is 0. The van der Waals surface area contributed by atoms with E-state index in [4.69, 9.17) is 15.3 Å². The molecule has 0 spiro atoms. The summed E-state index contributed by atoms with van der Waals surface area (Å²) < 4.78 is 6.77. The number of rotatable bonds is 5. The summed E-state index contributed by atoms with van der Waals surface area (Å²) >= 11 is 0. The van der Waals surface area contributed by atoms with E-state index in [1.165, 1.54) is 55.8 Å². The second kappa shape index (κ2) is 13.6. The first-order chi connectivity index (χ1) is 8.66. The molecule has 104 valence electrons. The fraction of sp³-hybridized carbons (Fsp3) is 0.833. The Kier molecular flexibility index (Phi) is 14.2. The summed E-state index contributed by atoms with van der Waals surface area (Å²) in [6, 6.07) is 0. The van der Waals surface area contributed by atoms with Crippen molar-refractivity contribution in [2.45, 2.75) is 33.1 Å². The number of nitrogens with zero attached hydrogens (tertiary/aromatic N) is 3. The van der Waals surface area contributed by atoms with Crippen molar-refractivity contribution in [3.8, 4) is 12.4 Å². The molecule has 1 aliphatic rings. The van der Waals surface area contributed by atoms with Crippen molar-refractivity contribution in [1.29, 1.82) is 10.5 Å². The second-order valence-electron chi connectivity index (χ2n) is 4.10. The molecule has 1 saturated heterocycles. The molecular weight excluding hydrogens is 230 g/mol. The van der Waals surface area contributed by atoms with Crippen LogP contribution in [0.3, 0.4) is 0 Å². The van der Waals surface area contributed by atoms with Crippen molar-refractivity contribution in [3.05, 3.63) is 0 Å². The summed E-state index contributed by atoms with van der Waals surface area (Å²) in [5.41, 5.74) is 8.31. The van der Waals surface area contributed by atoms with Crippen LogP contribution in [0.1, 0.15) is 33.1 Å². The number of hydrogen-bond donors (Lipinski definition) is 2. The van der Waals surface area contributed by atoms with E-state index >= 15 is 0 Å². The van der Waals surface area contributed by atoms with Crippen molar-refractivity contribution < 1.29 is 9.22 Å². The van der Waals surface area contributed by atoms with Gasteiger partial charge in [0.05, 0.1) is 19.6 Å². The molecule has 0 aromatic heterocycles. The topological polar surface area (TPSA) is 109 Å². The van der Waals surface area contributed by atoms with Gasteiger partial charge in [0, 0.05) is 19.4 Å². The van der Waals surface area contributed by atoms with Crippen LogP contribution in [0.4, 0.5) is 0 Å². The fourth-order valence-electron chi connectivity index (χ4n) is 2.18. The molecule has 6 heteroatoms. The number of ether oxygens (including phenoxy) is 1. The van der Waals surface area contributed by atoms with Gasteiger partial charge in [-0.2, -0.15) is 10.5 Å². The maximum atomic E-state index is 7.10. The number of nitrogens with two attached hydrogens (primary N) is 2. The molecule has 0 aromatic carbocycles. The lowest BCUT2D eigenvalue weighted by Crippen LogP contribution is -2.47. The van der Waals surface area contributed by atoms with Crippen LogP contribution in [0.5, 0.6) is 0 Å². The SMILES string of the molecule is CCC[N+]1(COCC)CCCC1.N#CN.N#CN. The van der Waals surface area contributed by atoms with Crippen molar-refractivity contribution >= 4 is 0 Å². The maximum absolute atomic E-state index is 7.10. The van der Waals surface area contributed by atoms with Crippen LogP contribution in [-0.4, -0.2) is 37.5 Å². The summed E-state index contributed by atoms with van der Waals surface area (Å²) in [6.07, 6.45) is 6.58. The average molecular weight is 256 g/mol. The van der Waals surface area contributed by atoms with E-state index in [9.17, 15) is 0 Å². The predicted molar refractivity (Wildman–Crippen MR) is 70.5 cm³/mol. The minimum absolute atomic E-state index is 0.865.